The van der Waals surface area contributed by atoms with Gasteiger partial charge >= 0.3 is 10.2 Å². The molecule has 11 heteroatoms. The fraction of sp³-hybridized carbons (Fsp3) is 0.333. The smallest absolute Gasteiger partial charge is 0.304 e. The number of amides is 2. The summed E-state index contributed by atoms with van der Waals surface area (Å²) in [6.45, 7) is 4.21. The molecule has 220 valence electrons. The molecule has 3 aromatic carbocycles. The Morgan fingerprint density at radius 2 is 1.41 bits per heavy atom. The number of hydrogen-bond donors (Lipinski definition) is 1. The number of nitrogens with zero attached hydrogens (tertiary/aromatic N) is 3. The molecule has 0 saturated heterocycles. The van der Waals surface area contributed by atoms with Crippen LogP contribution >= 0.6 is 0 Å². The van der Waals surface area contributed by atoms with Gasteiger partial charge in [0.1, 0.15) is 24.2 Å². The molecule has 0 bridgehead atoms. The summed E-state index contributed by atoms with van der Waals surface area (Å²) in [6, 6.07) is 18.9. The lowest BCUT2D eigenvalue weighted by Crippen LogP contribution is -2.56. The summed E-state index contributed by atoms with van der Waals surface area (Å²) < 4.78 is 57.9. The van der Waals surface area contributed by atoms with Crippen LogP contribution in [0.15, 0.2) is 78.9 Å². The third-order valence-corrected chi connectivity index (χ3v) is 8.01. The van der Waals surface area contributed by atoms with Crippen molar-refractivity contribution in [2.45, 2.75) is 45.3 Å². The Kier molecular flexibility index (Phi) is 10.2. The van der Waals surface area contributed by atoms with Crippen molar-refractivity contribution in [3.8, 4) is 0 Å². The first kappa shape index (κ1) is 31.7. The van der Waals surface area contributed by atoms with Crippen LogP contribution in [-0.4, -0.2) is 61.7 Å². The Balaban J connectivity index is 2.14. The fourth-order valence-electron chi connectivity index (χ4n) is 4.17. The van der Waals surface area contributed by atoms with Crippen LogP contribution in [0.2, 0.25) is 0 Å². The van der Waals surface area contributed by atoms with E-state index in [1.165, 1.54) is 50.5 Å². The van der Waals surface area contributed by atoms with Gasteiger partial charge in [-0.2, -0.15) is 12.7 Å². The zero-order valence-electron chi connectivity index (χ0n) is 23.8. The minimum atomic E-state index is -4.35. The highest BCUT2D eigenvalue weighted by Crippen LogP contribution is 2.25. The standard InChI is InChI=1S/C30H36F2N4O4S/c1-30(2,3)33-29(38)27(19-22-13-7-6-8-14-22)35(20-23-15-9-10-16-24(23)31)28(37)21-36(41(39,40)34(4)5)26-18-12-11-17-25(26)32/h6-18,27H,19-21H2,1-5H3,(H,33,38)/t27-/m1/s1. The maximum Gasteiger partial charge on any atom is 0.304 e. The molecule has 3 aromatic rings. The Bertz CT molecular complexity index is 1460. The molecule has 0 spiro atoms. The van der Waals surface area contributed by atoms with Gasteiger partial charge in [0.25, 0.3) is 0 Å². The van der Waals surface area contributed by atoms with E-state index in [9.17, 15) is 26.8 Å². The predicted octanol–water partition coefficient (Wildman–Crippen LogP) is 4.13. The second-order valence-corrected chi connectivity index (χ2v) is 12.9. The lowest BCUT2D eigenvalue weighted by molar-refractivity contribution is -0.140. The monoisotopic (exact) mass is 586 g/mol. The summed E-state index contributed by atoms with van der Waals surface area (Å²) in [7, 11) is -1.83. The molecule has 0 saturated carbocycles. The van der Waals surface area contributed by atoms with Crippen LogP contribution in [0.3, 0.4) is 0 Å². The maximum absolute atomic E-state index is 14.9. The van der Waals surface area contributed by atoms with E-state index < -0.39 is 51.8 Å². The van der Waals surface area contributed by atoms with Crippen LogP contribution in [0.5, 0.6) is 0 Å². The second-order valence-electron chi connectivity index (χ2n) is 10.8. The number of carbonyl (C=O) groups excluding carboxylic acids is 2. The van der Waals surface area contributed by atoms with Crippen LogP contribution in [0, 0.1) is 11.6 Å². The number of halogens is 2. The van der Waals surface area contributed by atoms with Gasteiger partial charge in [0, 0.05) is 38.2 Å². The second kappa shape index (κ2) is 13.2. The van der Waals surface area contributed by atoms with Crippen LogP contribution in [0.25, 0.3) is 0 Å². The van der Waals surface area contributed by atoms with E-state index in [1.54, 1.807) is 51.1 Å². The Morgan fingerprint density at radius 3 is 1.98 bits per heavy atom. The minimum absolute atomic E-state index is 0.0725. The first-order valence-electron chi connectivity index (χ1n) is 13.0. The van der Waals surface area contributed by atoms with Crippen molar-refractivity contribution in [2.24, 2.45) is 0 Å². The molecular weight excluding hydrogens is 550 g/mol. The average molecular weight is 587 g/mol. The van der Waals surface area contributed by atoms with E-state index in [4.69, 9.17) is 0 Å². The number of para-hydroxylation sites is 1. The van der Waals surface area contributed by atoms with Gasteiger partial charge in [-0.05, 0) is 44.5 Å². The van der Waals surface area contributed by atoms with Crippen molar-refractivity contribution >= 4 is 27.7 Å². The third kappa shape index (κ3) is 8.34. The Morgan fingerprint density at radius 1 is 0.854 bits per heavy atom. The Hall–Kier alpha value is -3.83. The topological polar surface area (TPSA) is 90.0 Å². The first-order chi connectivity index (χ1) is 19.2. The van der Waals surface area contributed by atoms with E-state index in [0.717, 1.165) is 20.8 Å². The zero-order chi connectivity index (χ0) is 30.4. The molecule has 0 aliphatic rings. The van der Waals surface area contributed by atoms with Gasteiger partial charge in [-0.1, -0.05) is 60.7 Å². The lowest BCUT2D eigenvalue weighted by atomic mass is 10.0. The molecule has 0 aromatic heterocycles. The third-order valence-electron chi connectivity index (χ3n) is 6.21. The number of benzene rings is 3. The minimum Gasteiger partial charge on any atom is -0.350 e. The molecule has 3 rings (SSSR count). The molecule has 1 atom stereocenters. The normalized spacial score (nSPS) is 12.6. The summed E-state index contributed by atoms with van der Waals surface area (Å²) in [6.07, 6.45) is 0.0725. The summed E-state index contributed by atoms with van der Waals surface area (Å²) in [5.74, 6) is -2.75. The van der Waals surface area contributed by atoms with Crippen LogP contribution in [0.1, 0.15) is 31.9 Å². The molecule has 41 heavy (non-hydrogen) atoms. The summed E-state index contributed by atoms with van der Waals surface area (Å²) in [5.41, 5.74) is -0.124. The van der Waals surface area contributed by atoms with E-state index in [-0.39, 0.29) is 24.2 Å². The summed E-state index contributed by atoms with van der Waals surface area (Å²) in [4.78, 5) is 29.0. The van der Waals surface area contributed by atoms with Crippen molar-refractivity contribution in [3.05, 3.63) is 102 Å². The highest BCUT2D eigenvalue weighted by atomic mass is 32.2. The van der Waals surface area contributed by atoms with Crippen molar-refractivity contribution in [1.82, 2.24) is 14.5 Å². The molecule has 0 unspecified atom stereocenters. The van der Waals surface area contributed by atoms with Gasteiger partial charge in [-0.15, -0.1) is 0 Å². The van der Waals surface area contributed by atoms with Gasteiger partial charge in [-0.25, -0.2) is 13.1 Å². The van der Waals surface area contributed by atoms with Crippen molar-refractivity contribution in [1.29, 1.82) is 0 Å². The number of rotatable bonds is 11. The highest BCUT2D eigenvalue weighted by Gasteiger charge is 2.36. The predicted molar refractivity (Wildman–Crippen MR) is 155 cm³/mol. The van der Waals surface area contributed by atoms with Crippen LogP contribution in [0.4, 0.5) is 14.5 Å². The molecule has 0 fully saturated rings. The fourth-order valence-corrected chi connectivity index (χ4v) is 5.24. The molecule has 2 amide bonds. The molecule has 8 nitrogen and oxygen atoms in total. The van der Waals surface area contributed by atoms with E-state index >= 15 is 0 Å². The van der Waals surface area contributed by atoms with Gasteiger partial charge < -0.3 is 10.2 Å². The maximum atomic E-state index is 14.9. The van der Waals surface area contributed by atoms with E-state index in [2.05, 4.69) is 5.32 Å². The van der Waals surface area contributed by atoms with Crippen LogP contribution in [-0.2, 0) is 32.8 Å². The zero-order valence-corrected chi connectivity index (χ0v) is 24.7. The molecule has 0 aliphatic carbocycles. The van der Waals surface area contributed by atoms with E-state index in [0.29, 0.717) is 4.31 Å². The van der Waals surface area contributed by atoms with Crippen molar-refractivity contribution in [3.63, 3.8) is 0 Å². The number of carbonyl (C=O) groups is 2. The molecule has 1 N–H and O–H groups in total. The summed E-state index contributed by atoms with van der Waals surface area (Å²) in [5, 5.41) is 2.89. The van der Waals surface area contributed by atoms with Gasteiger partial charge in [0.05, 0.1) is 5.69 Å². The lowest BCUT2D eigenvalue weighted by Gasteiger charge is -2.35. The molecule has 0 radical (unpaired) electrons. The number of nitrogens with one attached hydrogen (secondary N) is 1. The van der Waals surface area contributed by atoms with Crippen molar-refractivity contribution in [2.75, 3.05) is 24.9 Å². The average Bonchev–Trinajstić information content (AvgIpc) is 2.90. The Labute approximate surface area is 240 Å². The quantitative estimate of drug-likeness (QED) is 0.366. The summed E-state index contributed by atoms with van der Waals surface area (Å²) >= 11 is 0. The number of anilines is 1. The first-order valence-corrected chi connectivity index (χ1v) is 14.4. The van der Waals surface area contributed by atoms with Crippen molar-refractivity contribution < 1.29 is 26.8 Å². The number of hydrogen-bond acceptors (Lipinski definition) is 4. The highest BCUT2D eigenvalue weighted by molar-refractivity contribution is 7.90. The SMILES string of the molecule is CN(C)S(=O)(=O)N(CC(=O)N(Cc1ccccc1F)[C@H](Cc1ccccc1)C(=O)NC(C)(C)C)c1ccccc1F. The van der Waals surface area contributed by atoms with Gasteiger partial charge in [0.15, 0.2) is 0 Å². The molecule has 0 heterocycles. The van der Waals surface area contributed by atoms with Gasteiger partial charge in [0.2, 0.25) is 11.8 Å². The molecule has 0 aliphatic heterocycles. The van der Waals surface area contributed by atoms with Gasteiger partial charge in [-0.3, -0.25) is 9.59 Å². The largest absolute Gasteiger partial charge is 0.350 e. The van der Waals surface area contributed by atoms with Crippen LogP contribution < -0.4 is 9.62 Å². The molecular formula is C30H36F2N4O4S. The van der Waals surface area contributed by atoms with E-state index in [1.807, 2.05) is 6.07 Å².